The van der Waals surface area contributed by atoms with Gasteiger partial charge in [-0.15, -0.1) is 0 Å². The third-order valence-electron chi connectivity index (χ3n) is 4.71. The van der Waals surface area contributed by atoms with Crippen molar-refractivity contribution in [3.8, 4) is 0 Å². The summed E-state index contributed by atoms with van der Waals surface area (Å²) < 4.78 is 0. The molecular formula is C17H33NO2. The highest BCUT2D eigenvalue weighted by Gasteiger charge is 2.26. The topological polar surface area (TPSA) is 49.3 Å². The second-order valence-corrected chi connectivity index (χ2v) is 6.76. The smallest absolute Gasteiger partial charge is 0.223 e. The van der Waals surface area contributed by atoms with Crippen molar-refractivity contribution in [1.82, 2.24) is 5.32 Å². The van der Waals surface area contributed by atoms with Crippen LogP contribution in [0.4, 0.5) is 0 Å². The third-order valence-corrected chi connectivity index (χ3v) is 4.71. The van der Waals surface area contributed by atoms with E-state index in [0.717, 1.165) is 38.5 Å². The van der Waals surface area contributed by atoms with Gasteiger partial charge in [-0.1, -0.05) is 40.0 Å². The maximum atomic E-state index is 12.4. The molecule has 0 aliphatic heterocycles. The molecule has 0 saturated heterocycles. The first kappa shape index (κ1) is 17.5. The summed E-state index contributed by atoms with van der Waals surface area (Å²) in [5.74, 6) is 1.29. The summed E-state index contributed by atoms with van der Waals surface area (Å²) in [6, 6.07) is 0.331. The van der Waals surface area contributed by atoms with Gasteiger partial charge in [0.15, 0.2) is 0 Å². The van der Waals surface area contributed by atoms with Crippen LogP contribution in [-0.2, 0) is 4.79 Å². The van der Waals surface area contributed by atoms with Crippen molar-refractivity contribution >= 4 is 5.91 Å². The fourth-order valence-corrected chi connectivity index (χ4v) is 3.18. The number of aliphatic hydroxyl groups excluding tert-OH is 1. The van der Waals surface area contributed by atoms with Crippen molar-refractivity contribution in [2.45, 2.75) is 78.2 Å². The molecule has 1 saturated carbocycles. The molecule has 0 aromatic heterocycles. The summed E-state index contributed by atoms with van der Waals surface area (Å²) in [4.78, 5) is 12.4. The van der Waals surface area contributed by atoms with Crippen LogP contribution in [-0.4, -0.2) is 23.7 Å². The summed E-state index contributed by atoms with van der Waals surface area (Å²) in [6.07, 6.45) is 8.74. The number of hydrogen-bond donors (Lipinski definition) is 2. The maximum Gasteiger partial charge on any atom is 0.223 e. The van der Waals surface area contributed by atoms with Crippen LogP contribution in [0.25, 0.3) is 0 Å². The second kappa shape index (κ2) is 9.38. The van der Waals surface area contributed by atoms with Crippen LogP contribution in [0.1, 0.15) is 72.1 Å². The molecule has 1 rings (SSSR count). The molecule has 0 heterocycles. The molecule has 0 bridgehead atoms. The average molecular weight is 283 g/mol. The van der Waals surface area contributed by atoms with Crippen molar-refractivity contribution in [1.29, 1.82) is 0 Å². The van der Waals surface area contributed by atoms with Gasteiger partial charge in [0, 0.05) is 18.6 Å². The number of hydrogen-bond acceptors (Lipinski definition) is 2. The molecule has 3 heteroatoms. The molecule has 20 heavy (non-hydrogen) atoms. The predicted molar refractivity (Wildman–Crippen MR) is 83.4 cm³/mol. The van der Waals surface area contributed by atoms with E-state index in [9.17, 15) is 4.79 Å². The summed E-state index contributed by atoms with van der Waals surface area (Å²) in [5.41, 5.74) is 0. The Kier molecular flexibility index (Phi) is 8.20. The molecule has 2 N–H and O–H groups in total. The van der Waals surface area contributed by atoms with Crippen molar-refractivity contribution in [2.75, 3.05) is 6.61 Å². The Hall–Kier alpha value is -0.570. The van der Waals surface area contributed by atoms with E-state index in [4.69, 9.17) is 5.11 Å². The minimum absolute atomic E-state index is 0.164. The van der Waals surface area contributed by atoms with Crippen LogP contribution in [0.15, 0.2) is 0 Å². The zero-order valence-corrected chi connectivity index (χ0v) is 13.5. The highest BCUT2D eigenvalue weighted by Crippen LogP contribution is 2.25. The monoisotopic (exact) mass is 283 g/mol. The molecule has 1 aliphatic rings. The van der Waals surface area contributed by atoms with Gasteiger partial charge in [-0.3, -0.25) is 4.79 Å². The fourth-order valence-electron chi connectivity index (χ4n) is 3.18. The predicted octanol–water partition coefficient (Wildman–Crippen LogP) is 3.51. The van der Waals surface area contributed by atoms with Gasteiger partial charge in [-0.25, -0.2) is 0 Å². The van der Waals surface area contributed by atoms with Crippen molar-refractivity contribution in [2.24, 2.45) is 17.8 Å². The molecule has 118 valence electrons. The van der Waals surface area contributed by atoms with E-state index in [2.05, 4.69) is 26.1 Å². The van der Waals surface area contributed by atoms with Crippen molar-refractivity contribution < 1.29 is 9.90 Å². The van der Waals surface area contributed by atoms with Crippen LogP contribution in [0.3, 0.4) is 0 Å². The average Bonchev–Trinajstić information content (AvgIpc) is 2.44. The van der Waals surface area contributed by atoms with Gasteiger partial charge in [0.05, 0.1) is 0 Å². The first-order valence-corrected chi connectivity index (χ1v) is 8.49. The van der Waals surface area contributed by atoms with Gasteiger partial charge in [0.1, 0.15) is 0 Å². The SMILES string of the molecule is CCCCCC(C(=O)NC1CCC(CO)CC1)C(C)C. The van der Waals surface area contributed by atoms with E-state index in [0.29, 0.717) is 24.5 Å². The Morgan fingerprint density at radius 2 is 1.85 bits per heavy atom. The van der Waals surface area contributed by atoms with E-state index in [-0.39, 0.29) is 11.8 Å². The lowest BCUT2D eigenvalue weighted by Gasteiger charge is -2.30. The summed E-state index contributed by atoms with van der Waals surface area (Å²) in [5, 5.41) is 12.4. The Morgan fingerprint density at radius 1 is 1.20 bits per heavy atom. The summed E-state index contributed by atoms with van der Waals surface area (Å²) >= 11 is 0. The lowest BCUT2D eigenvalue weighted by Crippen LogP contribution is -2.42. The second-order valence-electron chi connectivity index (χ2n) is 6.76. The number of nitrogens with one attached hydrogen (secondary N) is 1. The Balaban J connectivity index is 2.38. The Labute approximate surface area is 124 Å². The van der Waals surface area contributed by atoms with Gasteiger partial charge >= 0.3 is 0 Å². The van der Waals surface area contributed by atoms with Crippen LogP contribution in [0.2, 0.25) is 0 Å². The fraction of sp³-hybridized carbons (Fsp3) is 0.941. The summed E-state index contributed by atoms with van der Waals surface area (Å²) in [6.45, 7) is 6.80. The van der Waals surface area contributed by atoms with Crippen LogP contribution in [0, 0.1) is 17.8 Å². The molecule has 0 radical (unpaired) electrons. The van der Waals surface area contributed by atoms with Crippen LogP contribution in [0.5, 0.6) is 0 Å². The third kappa shape index (κ3) is 5.82. The quantitative estimate of drug-likeness (QED) is 0.670. The number of carbonyl (C=O) groups excluding carboxylic acids is 1. The molecule has 1 atom stereocenters. The van der Waals surface area contributed by atoms with Crippen LogP contribution >= 0.6 is 0 Å². The van der Waals surface area contributed by atoms with E-state index >= 15 is 0 Å². The molecule has 1 amide bonds. The van der Waals surface area contributed by atoms with Gasteiger partial charge in [-0.2, -0.15) is 0 Å². The first-order chi connectivity index (χ1) is 9.58. The number of aliphatic hydroxyl groups is 1. The Morgan fingerprint density at radius 3 is 2.35 bits per heavy atom. The molecule has 1 aliphatic carbocycles. The van der Waals surface area contributed by atoms with Gasteiger partial charge in [-0.05, 0) is 43.9 Å². The highest BCUT2D eigenvalue weighted by molar-refractivity contribution is 5.79. The molecule has 3 nitrogen and oxygen atoms in total. The van der Waals surface area contributed by atoms with E-state index in [1.807, 2.05) is 0 Å². The molecule has 0 aromatic rings. The molecule has 0 spiro atoms. The van der Waals surface area contributed by atoms with E-state index < -0.39 is 0 Å². The molecule has 1 fully saturated rings. The minimum Gasteiger partial charge on any atom is -0.396 e. The lowest BCUT2D eigenvalue weighted by molar-refractivity contribution is -0.127. The zero-order chi connectivity index (χ0) is 15.0. The lowest BCUT2D eigenvalue weighted by atomic mass is 9.85. The highest BCUT2D eigenvalue weighted by atomic mass is 16.3. The molecular weight excluding hydrogens is 250 g/mol. The standard InChI is InChI=1S/C17H33NO2/c1-4-5-6-7-16(13(2)3)17(20)18-15-10-8-14(12-19)9-11-15/h13-16,19H,4-12H2,1-3H3,(H,18,20). The minimum atomic E-state index is 0.164. The van der Waals surface area contributed by atoms with Gasteiger partial charge in [0.2, 0.25) is 5.91 Å². The van der Waals surface area contributed by atoms with Crippen molar-refractivity contribution in [3.05, 3.63) is 0 Å². The van der Waals surface area contributed by atoms with Gasteiger partial charge in [0.25, 0.3) is 0 Å². The molecule has 0 aromatic carbocycles. The number of amides is 1. The van der Waals surface area contributed by atoms with E-state index in [1.165, 1.54) is 12.8 Å². The zero-order valence-electron chi connectivity index (χ0n) is 13.5. The van der Waals surface area contributed by atoms with E-state index in [1.54, 1.807) is 0 Å². The summed E-state index contributed by atoms with van der Waals surface area (Å²) in [7, 11) is 0. The molecule has 1 unspecified atom stereocenters. The normalized spacial score (nSPS) is 24.6. The maximum absolute atomic E-state index is 12.4. The van der Waals surface area contributed by atoms with Crippen LogP contribution < -0.4 is 5.32 Å². The first-order valence-electron chi connectivity index (χ1n) is 8.49. The van der Waals surface area contributed by atoms with Gasteiger partial charge < -0.3 is 10.4 Å². The number of rotatable bonds is 8. The largest absolute Gasteiger partial charge is 0.396 e. The number of carbonyl (C=O) groups is 1. The Bertz CT molecular complexity index is 270. The number of unbranched alkanes of at least 4 members (excludes halogenated alkanes) is 2. The van der Waals surface area contributed by atoms with Crippen molar-refractivity contribution in [3.63, 3.8) is 0 Å².